The summed E-state index contributed by atoms with van der Waals surface area (Å²) in [5.74, 6) is -1.43. The van der Waals surface area contributed by atoms with Gasteiger partial charge in [0.05, 0.1) is 18.4 Å². The van der Waals surface area contributed by atoms with Crippen molar-refractivity contribution >= 4 is 34.4 Å². The Bertz CT molecular complexity index is 605. The molecule has 2 rings (SSSR count). The Morgan fingerprint density at radius 3 is 2.76 bits per heavy atom. The number of carbonyl (C=O) groups excluding carboxylic acids is 3. The molecule has 0 N–H and O–H groups in total. The molecule has 21 heavy (non-hydrogen) atoms. The van der Waals surface area contributed by atoms with E-state index in [0.717, 1.165) is 23.9 Å². The van der Waals surface area contributed by atoms with Crippen LogP contribution in [-0.2, 0) is 14.3 Å². The molecule has 1 aliphatic heterocycles. The van der Waals surface area contributed by atoms with Gasteiger partial charge in [0.15, 0.2) is 5.12 Å². The maximum Gasteiger partial charge on any atom is 0.339 e. The number of thioether (sulfide) groups is 1. The molecular formula is C14H14FNO4S. The van der Waals surface area contributed by atoms with E-state index in [1.165, 1.54) is 25.0 Å². The molecule has 1 amide bonds. The first kappa shape index (κ1) is 15.5. The minimum absolute atomic E-state index is 0.0814. The Balaban J connectivity index is 2.33. The summed E-state index contributed by atoms with van der Waals surface area (Å²) in [6.45, 7) is 1.69. The van der Waals surface area contributed by atoms with Crippen LogP contribution < -0.4 is 4.90 Å². The topological polar surface area (TPSA) is 63.7 Å². The minimum Gasteiger partial charge on any atom is -0.465 e. The predicted octanol–water partition coefficient (Wildman–Crippen LogP) is 2.00. The third kappa shape index (κ3) is 3.41. The van der Waals surface area contributed by atoms with Crippen molar-refractivity contribution in [3.8, 4) is 0 Å². The van der Waals surface area contributed by atoms with E-state index in [2.05, 4.69) is 4.74 Å². The molecule has 112 valence electrons. The third-order valence-corrected chi connectivity index (χ3v) is 4.06. The smallest absolute Gasteiger partial charge is 0.339 e. The number of hydrogen-bond donors (Lipinski definition) is 0. The van der Waals surface area contributed by atoms with Crippen LogP contribution >= 0.6 is 11.8 Å². The van der Waals surface area contributed by atoms with E-state index in [0.29, 0.717) is 0 Å². The average molecular weight is 311 g/mol. The molecule has 1 saturated heterocycles. The predicted molar refractivity (Wildman–Crippen MR) is 76.8 cm³/mol. The van der Waals surface area contributed by atoms with Crippen LogP contribution in [0.4, 0.5) is 10.1 Å². The Labute approximate surface area is 125 Å². The zero-order chi connectivity index (χ0) is 15.6. The van der Waals surface area contributed by atoms with Gasteiger partial charge in [-0.25, -0.2) is 9.18 Å². The largest absolute Gasteiger partial charge is 0.465 e. The van der Waals surface area contributed by atoms with Crippen molar-refractivity contribution in [2.45, 2.75) is 18.6 Å². The van der Waals surface area contributed by atoms with E-state index < -0.39 is 11.8 Å². The molecule has 1 atom stereocenters. The second kappa shape index (κ2) is 6.26. The number of hydrogen-bond acceptors (Lipinski definition) is 5. The van der Waals surface area contributed by atoms with Gasteiger partial charge >= 0.3 is 5.97 Å². The number of ether oxygens (including phenoxy) is 1. The van der Waals surface area contributed by atoms with Gasteiger partial charge in [0.25, 0.3) is 0 Å². The average Bonchev–Trinajstić information content (AvgIpc) is 2.77. The molecular weight excluding hydrogens is 297 g/mol. The third-order valence-electron chi connectivity index (χ3n) is 3.08. The quantitative estimate of drug-likeness (QED) is 0.799. The highest BCUT2D eigenvalue weighted by atomic mass is 32.2. The highest BCUT2D eigenvalue weighted by Gasteiger charge is 2.34. The molecule has 0 spiro atoms. The molecule has 0 aliphatic carbocycles. The van der Waals surface area contributed by atoms with Gasteiger partial charge in [-0.1, -0.05) is 11.8 Å². The Morgan fingerprint density at radius 2 is 2.14 bits per heavy atom. The summed E-state index contributed by atoms with van der Waals surface area (Å²) < 4.78 is 18.1. The maximum atomic E-state index is 13.5. The Morgan fingerprint density at radius 1 is 1.43 bits per heavy atom. The number of nitrogens with zero attached hydrogens (tertiary/aromatic N) is 1. The summed E-state index contributed by atoms with van der Waals surface area (Å²) in [7, 11) is 1.22. The number of anilines is 1. The molecule has 1 aromatic rings. The van der Waals surface area contributed by atoms with Crippen molar-refractivity contribution in [2.24, 2.45) is 0 Å². The molecule has 0 bridgehead atoms. The van der Waals surface area contributed by atoms with Gasteiger partial charge in [0.1, 0.15) is 5.82 Å². The highest BCUT2D eigenvalue weighted by molar-refractivity contribution is 8.14. The lowest BCUT2D eigenvalue weighted by molar-refractivity contribution is -0.117. The minimum atomic E-state index is -0.638. The van der Waals surface area contributed by atoms with E-state index >= 15 is 0 Å². The van der Waals surface area contributed by atoms with E-state index in [9.17, 15) is 18.8 Å². The zero-order valence-corrected chi connectivity index (χ0v) is 12.4. The summed E-state index contributed by atoms with van der Waals surface area (Å²) in [6, 6.07) is 3.55. The standard InChI is InChI=1S/C14H14FNO4S/c1-8(17)21-10-6-13(18)16(7-10)12-5-9(15)3-4-11(12)14(19)20-2/h3-5,10H,6-7H2,1-2H3. The van der Waals surface area contributed by atoms with E-state index in [1.54, 1.807) is 0 Å². The van der Waals surface area contributed by atoms with Crippen LogP contribution in [0.25, 0.3) is 0 Å². The van der Waals surface area contributed by atoms with Crippen molar-refractivity contribution < 1.29 is 23.5 Å². The Kier molecular flexibility index (Phi) is 4.62. The van der Waals surface area contributed by atoms with Gasteiger partial charge in [-0.2, -0.15) is 0 Å². The molecule has 1 aliphatic rings. The number of methoxy groups -OCH3 is 1. The van der Waals surface area contributed by atoms with Crippen LogP contribution in [0, 0.1) is 5.82 Å². The lowest BCUT2D eigenvalue weighted by atomic mass is 10.1. The fourth-order valence-corrected chi connectivity index (χ4v) is 3.15. The summed E-state index contributed by atoms with van der Waals surface area (Å²) in [5, 5.41) is -0.272. The van der Waals surface area contributed by atoms with Gasteiger partial charge in [-0.05, 0) is 18.2 Å². The van der Waals surface area contributed by atoms with Crippen LogP contribution in [-0.4, -0.2) is 35.9 Å². The van der Waals surface area contributed by atoms with Gasteiger partial charge < -0.3 is 9.64 Å². The first-order valence-electron chi connectivity index (χ1n) is 6.28. The molecule has 1 fully saturated rings. The van der Waals surface area contributed by atoms with Crippen LogP contribution in [0.1, 0.15) is 23.7 Å². The summed E-state index contributed by atoms with van der Waals surface area (Å²) in [5.41, 5.74) is 0.305. The first-order chi connectivity index (χ1) is 9.92. The molecule has 1 aromatic carbocycles. The van der Waals surface area contributed by atoms with E-state index in [-0.39, 0.29) is 40.5 Å². The molecule has 5 nitrogen and oxygen atoms in total. The van der Waals surface area contributed by atoms with Crippen molar-refractivity contribution in [1.82, 2.24) is 0 Å². The molecule has 0 aromatic heterocycles. The fraction of sp³-hybridized carbons (Fsp3) is 0.357. The highest BCUT2D eigenvalue weighted by Crippen LogP contribution is 2.31. The van der Waals surface area contributed by atoms with Crippen LogP contribution in [0.5, 0.6) is 0 Å². The van der Waals surface area contributed by atoms with Crippen molar-refractivity contribution in [3.05, 3.63) is 29.6 Å². The molecule has 7 heteroatoms. The second-order valence-corrected chi connectivity index (χ2v) is 6.07. The molecule has 1 unspecified atom stereocenters. The molecule has 1 heterocycles. The second-order valence-electron chi connectivity index (χ2n) is 4.59. The van der Waals surface area contributed by atoms with Crippen molar-refractivity contribution in [1.29, 1.82) is 0 Å². The first-order valence-corrected chi connectivity index (χ1v) is 7.15. The molecule has 0 saturated carbocycles. The number of amides is 1. The van der Waals surface area contributed by atoms with Gasteiger partial charge in [-0.3, -0.25) is 9.59 Å². The maximum absolute atomic E-state index is 13.5. The SMILES string of the molecule is COC(=O)c1ccc(F)cc1N1CC(SC(C)=O)CC1=O. The van der Waals surface area contributed by atoms with Crippen molar-refractivity contribution in [3.63, 3.8) is 0 Å². The summed E-state index contributed by atoms with van der Waals surface area (Å²) in [6.07, 6.45) is 0.182. The molecule has 0 radical (unpaired) electrons. The van der Waals surface area contributed by atoms with Gasteiger partial charge in [0, 0.05) is 25.1 Å². The number of halogens is 1. The van der Waals surface area contributed by atoms with Crippen molar-refractivity contribution in [2.75, 3.05) is 18.6 Å². The van der Waals surface area contributed by atoms with Crippen LogP contribution in [0.15, 0.2) is 18.2 Å². The normalized spacial score (nSPS) is 18.0. The van der Waals surface area contributed by atoms with E-state index in [4.69, 9.17) is 0 Å². The monoisotopic (exact) mass is 311 g/mol. The Hall–Kier alpha value is -1.89. The lowest BCUT2D eigenvalue weighted by Gasteiger charge is -2.19. The number of esters is 1. The number of carbonyl (C=O) groups is 3. The number of benzene rings is 1. The summed E-state index contributed by atoms with van der Waals surface area (Å²) in [4.78, 5) is 36.2. The zero-order valence-electron chi connectivity index (χ0n) is 11.6. The van der Waals surface area contributed by atoms with Crippen LogP contribution in [0.2, 0.25) is 0 Å². The van der Waals surface area contributed by atoms with E-state index in [1.807, 2.05) is 0 Å². The fourth-order valence-electron chi connectivity index (χ4n) is 2.23. The summed E-state index contributed by atoms with van der Waals surface area (Å²) >= 11 is 1.08. The number of rotatable bonds is 3. The van der Waals surface area contributed by atoms with Gasteiger partial charge in [-0.15, -0.1) is 0 Å². The van der Waals surface area contributed by atoms with Gasteiger partial charge in [0.2, 0.25) is 5.91 Å². The lowest BCUT2D eigenvalue weighted by Crippen LogP contribution is -2.27. The van der Waals surface area contributed by atoms with Crippen LogP contribution in [0.3, 0.4) is 0 Å².